The monoisotopic (exact) mass is 220 g/mol. The molecule has 86 valence electrons. The molecule has 1 aliphatic rings. The Kier molecular flexibility index (Phi) is 2.53. The molecule has 1 fully saturated rings. The van der Waals surface area contributed by atoms with Crippen LogP contribution in [0.5, 0.6) is 0 Å². The molecule has 16 heavy (non-hydrogen) atoms. The number of amides is 1. The van der Waals surface area contributed by atoms with E-state index in [1.165, 1.54) is 12.8 Å². The van der Waals surface area contributed by atoms with Crippen molar-refractivity contribution in [2.75, 3.05) is 5.32 Å². The molecule has 5 heteroatoms. The van der Waals surface area contributed by atoms with Crippen molar-refractivity contribution in [2.24, 2.45) is 11.7 Å². The van der Waals surface area contributed by atoms with Gasteiger partial charge in [0.25, 0.3) is 5.91 Å². The van der Waals surface area contributed by atoms with Crippen LogP contribution >= 0.6 is 0 Å². The van der Waals surface area contributed by atoms with Crippen molar-refractivity contribution in [3.63, 3.8) is 0 Å². The van der Waals surface area contributed by atoms with E-state index in [9.17, 15) is 4.79 Å². The van der Waals surface area contributed by atoms with Crippen LogP contribution in [0, 0.1) is 5.92 Å². The lowest BCUT2D eigenvalue weighted by atomic mass is 9.99. The highest BCUT2D eigenvalue weighted by Crippen LogP contribution is 2.40. The first-order valence-electron chi connectivity index (χ1n) is 5.41. The van der Waals surface area contributed by atoms with Gasteiger partial charge in [0.1, 0.15) is 5.82 Å². The van der Waals surface area contributed by atoms with E-state index in [-0.39, 0.29) is 11.2 Å². The van der Waals surface area contributed by atoms with Crippen molar-refractivity contribution >= 4 is 11.7 Å². The molecule has 0 atom stereocenters. The number of carbonyl (C=O) groups excluding carboxylic acids is 1. The quantitative estimate of drug-likeness (QED) is 0.798. The molecule has 0 bridgehead atoms. The molecule has 0 spiro atoms. The van der Waals surface area contributed by atoms with E-state index < -0.39 is 5.91 Å². The van der Waals surface area contributed by atoms with Crippen molar-refractivity contribution in [3.8, 4) is 0 Å². The van der Waals surface area contributed by atoms with Gasteiger partial charge in [-0.25, -0.2) is 0 Å². The van der Waals surface area contributed by atoms with E-state index >= 15 is 0 Å². The maximum Gasteiger partial charge on any atom is 0.269 e. The number of hydrogen-bond acceptors (Lipinski definition) is 4. The van der Waals surface area contributed by atoms with Crippen molar-refractivity contribution in [1.82, 2.24) is 10.2 Å². The van der Waals surface area contributed by atoms with Crippen LogP contribution in [-0.2, 0) is 0 Å². The zero-order chi connectivity index (χ0) is 11.8. The van der Waals surface area contributed by atoms with E-state index in [1.54, 1.807) is 12.1 Å². The molecular weight excluding hydrogens is 204 g/mol. The number of nitrogens with one attached hydrogen (secondary N) is 1. The fourth-order valence-corrected chi connectivity index (χ4v) is 1.77. The van der Waals surface area contributed by atoms with Crippen molar-refractivity contribution < 1.29 is 4.79 Å². The van der Waals surface area contributed by atoms with Gasteiger partial charge in [0.2, 0.25) is 0 Å². The zero-order valence-corrected chi connectivity index (χ0v) is 9.53. The summed E-state index contributed by atoms with van der Waals surface area (Å²) in [5.74, 6) is 0.826. The molecular formula is C11H16N4O. The van der Waals surface area contributed by atoms with Crippen LogP contribution in [-0.4, -0.2) is 21.6 Å². The average Bonchev–Trinajstić information content (AvgIpc) is 3.01. The van der Waals surface area contributed by atoms with Crippen LogP contribution in [0.25, 0.3) is 0 Å². The van der Waals surface area contributed by atoms with E-state index in [4.69, 9.17) is 5.73 Å². The number of nitrogens with two attached hydrogens (primary N) is 1. The second kappa shape index (κ2) is 3.73. The van der Waals surface area contributed by atoms with Gasteiger partial charge in [-0.3, -0.25) is 4.79 Å². The van der Waals surface area contributed by atoms with Gasteiger partial charge in [-0.1, -0.05) is 0 Å². The van der Waals surface area contributed by atoms with E-state index in [1.807, 2.05) is 0 Å². The molecule has 2 rings (SSSR count). The number of aromatic nitrogens is 2. The highest BCUT2D eigenvalue weighted by atomic mass is 16.1. The number of rotatable bonds is 4. The molecule has 1 aromatic rings. The molecule has 0 aliphatic heterocycles. The van der Waals surface area contributed by atoms with Gasteiger partial charge in [0.15, 0.2) is 5.69 Å². The fraction of sp³-hybridized carbons (Fsp3) is 0.545. The Morgan fingerprint density at radius 1 is 1.44 bits per heavy atom. The predicted octanol–water partition coefficient (Wildman–Crippen LogP) is 1.18. The van der Waals surface area contributed by atoms with Crippen molar-refractivity contribution in [3.05, 3.63) is 17.8 Å². The molecule has 0 saturated heterocycles. The maximum absolute atomic E-state index is 10.8. The van der Waals surface area contributed by atoms with Gasteiger partial charge in [-0.15, -0.1) is 10.2 Å². The molecule has 1 aliphatic carbocycles. The summed E-state index contributed by atoms with van der Waals surface area (Å²) in [7, 11) is 0. The summed E-state index contributed by atoms with van der Waals surface area (Å²) >= 11 is 0. The summed E-state index contributed by atoms with van der Waals surface area (Å²) in [5, 5.41) is 11.0. The molecule has 0 aromatic carbocycles. The van der Waals surface area contributed by atoms with Crippen LogP contribution in [0.4, 0.5) is 5.82 Å². The first kappa shape index (κ1) is 10.9. The Balaban J connectivity index is 2.07. The molecule has 3 N–H and O–H groups in total. The summed E-state index contributed by atoms with van der Waals surface area (Å²) in [5.41, 5.74) is 5.31. The van der Waals surface area contributed by atoms with Gasteiger partial charge in [0, 0.05) is 5.54 Å². The summed E-state index contributed by atoms with van der Waals surface area (Å²) in [4.78, 5) is 10.8. The molecule has 0 radical (unpaired) electrons. The van der Waals surface area contributed by atoms with Crippen molar-refractivity contribution in [2.45, 2.75) is 32.2 Å². The second-order valence-corrected chi connectivity index (χ2v) is 4.79. The van der Waals surface area contributed by atoms with Gasteiger partial charge in [-0.2, -0.15) is 0 Å². The number of nitrogens with zero attached hydrogens (tertiary/aromatic N) is 2. The summed E-state index contributed by atoms with van der Waals surface area (Å²) < 4.78 is 0. The number of hydrogen-bond donors (Lipinski definition) is 2. The minimum Gasteiger partial charge on any atom is -0.364 e. The minimum atomic E-state index is -0.555. The molecule has 1 saturated carbocycles. The Bertz CT molecular complexity index is 395. The second-order valence-electron chi connectivity index (χ2n) is 4.79. The zero-order valence-electron chi connectivity index (χ0n) is 9.53. The van der Waals surface area contributed by atoms with Crippen molar-refractivity contribution in [1.29, 1.82) is 0 Å². The van der Waals surface area contributed by atoms with E-state index in [0.29, 0.717) is 11.7 Å². The molecule has 5 nitrogen and oxygen atoms in total. The van der Waals surface area contributed by atoms with E-state index in [0.717, 1.165) is 0 Å². The third-order valence-corrected chi connectivity index (χ3v) is 2.97. The van der Waals surface area contributed by atoms with Gasteiger partial charge >= 0.3 is 0 Å². The lowest BCUT2D eigenvalue weighted by Gasteiger charge is -2.26. The highest BCUT2D eigenvalue weighted by Gasteiger charge is 2.37. The molecule has 1 amide bonds. The van der Waals surface area contributed by atoms with Gasteiger partial charge in [0.05, 0.1) is 0 Å². The first-order valence-corrected chi connectivity index (χ1v) is 5.41. The van der Waals surface area contributed by atoms with Crippen LogP contribution in [0.3, 0.4) is 0 Å². The molecule has 1 aromatic heterocycles. The molecule has 0 unspecified atom stereocenters. The number of anilines is 1. The van der Waals surface area contributed by atoms with Crippen LogP contribution in [0.15, 0.2) is 12.1 Å². The van der Waals surface area contributed by atoms with Crippen LogP contribution in [0.1, 0.15) is 37.2 Å². The third kappa shape index (κ3) is 2.29. The van der Waals surface area contributed by atoms with Crippen LogP contribution < -0.4 is 11.1 Å². The lowest BCUT2D eigenvalue weighted by molar-refractivity contribution is 0.0994. The normalized spacial score (nSPS) is 15.9. The average molecular weight is 220 g/mol. The Hall–Kier alpha value is -1.65. The van der Waals surface area contributed by atoms with E-state index in [2.05, 4.69) is 29.4 Å². The number of primary amides is 1. The predicted molar refractivity (Wildman–Crippen MR) is 61.0 cm³/mol. The number of carbonyl (C=O) groups is 1. The summed E-state index contributed by atoms with van der Waals surface area (Å²) in [6.07, 6.45) is 2.51. The highest BCUT2D eigenvalue weighted by molar-refractivity contribution is 5.90. The van der Waals surface area contributed by atoms with Crippen LogP contribution in [0.2, 0.25) is 0 Å². The minimum absolute atomic E-state index is 0.0307. The van der Waals surface area contributed by atoms with Gasteiger partial charge < -0.3 is 11.1 Å². The SMILES string of the molecule is CC(C)(Nc1ccc(C(N)=O)nn1)C1CC1. The summed E-state index contributed by atoms with van der Waals surface area (Å²) in [6.45, 7) is 4.29. The van der Waals surface area contributed by atoms with Gasteiger partial charge in [-0.05, 0) is 44.7 Å². The topological polar surface area (TPSA) is 80.9 Å². The molecule has 1 heterocycles. The largest absolute Gasteiger partial charge is 0.364 e. The standard InChI is InChI=1S/C11H16N4O/c1-11(2,7-3-4-7)13-9-6-5-8(10(12)16)14-15-9/h5-7H,3-4H2,1-2H3,(H2,12,16)(H,13,15). The Morgan fingerprint density at radius 2 is 2.12 bits per heavy atom. The third-order valence-electron chi connectivity index (χ3n) is 2.97. The first-order chi connectivity index (χ1) is 7.49. The fourth-order valence-electron chi connectivity index (χ4n) is 1.77. The smallest absolute Gasteiger partial charge is 0.269 e. The Labute approximate surface area is 94.4 Å². The summed E-state index contributed by atoms with van der Waals surface area (Å²) in [6, 6.07) is 3.32. The Morgan fingerprint density at radius 3 is 2.56 bits per heavy atom. The lowest BCUT2D eigenvalue weighted by Crippen LogP contribution is -2.33. The maximum atomic E-state index is 10.8.